The maximum atomic E-state index is 12.6. The molecule has 1 aromatic rings. The number of phenols is 1. The van der Waals surface area contributed by atoms with E-state index in [2.05, 4.69) is 6.92 Å². The lowest BCUT2D eigenvalue weighted by molar-refractivity contribution is -0.135. The lowest BCUT2D eigenvalue weighted by Crippen LogP contribution is -2.44. The number of carboxylic acid groups (broad SMARTS) is 1. The van der Waals surface area contributed by atoms with Crippen molar-refractivity contribution in [2.45, 2.75) is 19.8 Å². The summed E-state index contributed by atoms with van der Waals surface area (Å²) >= 11 is 0. The second-order valence-electron chi connectivity index (χ2n) is 5.29. The molecule has 0 radical (unpaired) electrons. The highest BCUT2D eigenvalue weighted by atomic mass is 16.4. The summed E-state index contributed by atoms with van der Waals surface area (Å²) in [6.07, 6.45) is 1.97. The molecule has 6 nitrogen and oxygen atoms in total. The standard InChI is InChI=1S/C15H20N2O4/c1-2-11-7-8-16(9-11)15(21)17(10-14(19)20)12-3-5-13(18)6-4-12/h3-6,11,18H,2,7-10H2,1H3,(H,19,20). The Kier molecular flexibility index (Phi) is 4.67. The number of hydrogen-bond acceptors (Lipinski definition) is 3. The highest BCUT2D eigenvalue weighted by Crippen LogP contribution is 2.24. The van der Waals surface area contributed by atoms with E-state index in [-0.39, 0.29) is 11.8 Å². The number of anilines is 1. The van der Waals surface area contributed by atoms with E-state index in [1.807, 2.05) is 0 Å². The van der Waals surface area contributed by atoms with Gasteiger partial charge in [0.25, 0.3) is 0 Å². The first-order valence-electron chi connectivity index (χ1n) is 7.08. The smallest absolute Gasteiger partial charge is 0.325 e. The zero-order valence-electron chi connectivity index (χ0n) is 12.0. The van der Waals surface area contributed by atoms with Crippen LogP contribution in [0.5, 0.6) is 5.75 Å². The minimum absolute atomic E-state index is 0.0775. The summed E-state index contributed by atoms with van der Waals surface area (Å²) in [5.41, 5.74) is 0.472. The number of amides is 2. The van der Waals surface area contributed by atoms with Crippen LogP contribution < -0.4 is 4.90 Å². The molecule has 6 heteroatoms. The predicted octanol–water partition coefficient (Wildman–Crippen LogP) is 2.14. The monoisotopic (exact) mass is 292 g/mol. The van der Waals surface area contributed by atoms with Gasteiger partial charge in [-0.3, -0.25) is 9.69 Å². The molecule has 1 aliphatic heterocycles. The SMILES string of the molecule is CCC1CCN(C(=O)N(CC(=O)O)c2ccc(O)cc2)C1. The van der Waals surface area contributed by atoms with Crippen molar-refractivity contribution in [3.05, 3.63) is 24.3 Å². The van der Waals surface area contributed by atoms with E-state index >= 15 is 0 Å². The first-order chi connectivity index (χ1) is 10.0. The van der Waals surface area contributed by atoms with Crippen molar-refractivity contribution in [3.63, 3.8) is 0 Å². The Labute approximate surface area is 123 Å². The molecule has 0 aromatic heterocycles. The zero-order valence-corrected chi connectivity index (χ0v) is 12.0. The molecule has 1 heterocycles. The third kappa shape index (κ3) is 3.65. The molecule has 0 spiro atoms. The Morgan fingerprint density at radius 1 is 1.33 bits per heavy atom. The Morgan fingerprint density at radius 3 is 2.52 bits per heavy atom. The maximum absolute atomic E-state index is 12.6. The summed E-state index contributed by atoms with van der Waals surface area (Å²) < 4.78 is 0. The highest BCUT2D eigenvalue weighted by Gasteiger charge is 2.30. The van der Waals surface area contributed by atoms with Crippen LogP contribution in [0.2, 0.25) is 0 Å². The number of hydrogen-bond donors (Lipinski definition) is 2. The second kappa shape index (κ2) is 6.47. The number of nitrogens with zero attached hydrogens (tertiary/aromatic N) is 2. The van der Waals surface area contributed by atoms with Crippen LogP contribution in [0.3, 0.4) is 0 Å². The van der Waals surface area contributed by atoms with Gasteiger partial charge in [0.05, 0.1) is 0 Å². The molecule has 1 fully saturated rings. The molecule has 1 aromatic carbocycles. The van der Waals surface area contributed by atoms with Crippen molar-refractivity contribution in [1.82, 2.24) is 4.90 Å². The van der Waals surface area contributed by atoms with Crippen LogP contribution >= 0.6 is 0 Å². The van der Waals surface area contributed by atoms with Crippen LogP contribution in [0.25, 0.3) is 0 Å². The predicted molar refractivity (Wildman–Crippen MR) is 78.5 cm³/mol. The largest absolute Gasteiger partial charge is 0.508 e. The number of benzene rings is 1. The average Bonchev–Trinajstić information content (AvgIpc) is 2.94. The summed E-state index contributed by atoms with van der Waals surface area (Å²) in [6, 6.07) is 5.68. The number of rotatable bonds is 4. The molecule has 1 aliphatic rings. The van der Waals surface area contributed by atoms with Crippen LogP contribution in [0.1, 0.15) is 19.8 Å². The van der Waals surface area contributed by atoms with Crippen LogP contribution in [0, 0.1) is 5.92 Å². The minimum Gasteiger partial charge on any atom is -0.508 e. The van der Waals surface area contributed by atoms with Crippen molar-refractivity contribution >= 4 is 17.7 Å². The van der Waals surface area contributed by atoms with Gasteiger partial charge in [0.2, 0.25) is 0 Å². The molecule has 1 saturated heterocycles. The number of phenolic OH excluding ortho intramolecular Hbond substituents is 1. The molecule has 0 aliphatic carbocycles. The first-order valence-corrected chi connectivity index (χ1v) is 7.08. The molecule has 1 unspecified atom stereocenters. The fourth-order valence-electron chi connectivity index (χ4n) is 2.55. The third-order valence-electron chi connectivity index (χ3n) is 3.82. The summed E-state index contributed by atoms with van der Waals surface area (Å²) in [6.45, 7) is 3.03. The quantitative estimate of drug-likeness (QED) is 0.891. The second-order valence-corrected chi connectivity index (χ2v) is 5.29. The summed E-state index contributed by atoms with van der Waals surface area (Å²) in [7, 11) is 0. The van der Waals surface area contributed by atoms with Gasteiger partial charge in [-0.05, 0) is 36.6 Å². The Balaban J connectivity index is 2.17. The molecule has 0 saturated carbocycles. The van der Waals surface area contributed by atoms with Gasteiger partial charge >= 0.3 is 12.0 Å². The number of carboxylic acids is 1. The van der Waals surface area contributed by atoms with E-state index in [1.165, 1.54) is 17.0 Å². The lowest BCUT2D eigenvalue weighted by Gasteiger charge is -2.27. The number of aromatic hydroxyl groups is 1. The maximum Gasteiger partial charge on any atom is 0.325 e. The number of aliphatic carboxylic acids is 1. The van der Waals surface area contributed by atoms with Crippen molar-refractivity contribution in [1.29, 1.82) is 0 Å². The van der Waals surface area contributed by atoms with Crippen molar-refractivity contribution in [3.8, 4) is 5.75 Å². The van der Waals surface area contributed by atoms with Gasteiger partial charge in [-0.15, -0.1) is 0 Å². The van der Waals surface area contributed by atoms with Gasteiger partial charge in [-0.25, -0.2) is 4.79 Å². The highest BCUT2D eigenvalue weighted by molar-refractivity contribution is 5.96. The van der Waals surface area contributed by atoms with E-state index in [4.69, 9.17) is 5.11 Å². The van der Waals surface area contributed by atoms with Gasteiger partial charge in [-0.2, -0.15) is 0 Å². The number of carbonyl (C=O) groups excluding carboxylic acids is 1. The lowest BCUT2D eigenvalue weighted by atomic mass is 10.1. The zero-order chi connectivity index (χ0) is 15.4. The third-order valence-corrected chi connectivity index (χ3v) is 3.82. The summed E-state index contributed by atoms with van der Waals surface area (Å²) in [5.74, 6) is -0.503. The van der Waals surface area contributed by atoms with E-state index in [0.29, 0.717) is 24.7 Å². The van der Waals surface area contributed by atoms with E-state index in [1.54, 1.807) is 17.0 Å². The molecular formula is C15H20N2O4. The minimum atomic E-state index is -1.07. The van der Waals surface area contributed by atoms with Gasteiger partial charge < -0.3 is 15.1 Å². The number of likely N-dealkylation sites (tertiary alicyclic amines) is 1. The van der Waals surface area contributed by atoms with Crippen LogP contribution in [-0.2, 0) is 4.79 Å². The summed E-state index contributed by atoms with van der Waals surface area (Å²) in [4.78, 5) is 26.5. The molecule has 0 bridgehead atoms. The van der Waals surface area contributed by atoms with E-state index < -0.39 is 12.5 Å². The number of carbonyl (C=O) groups is 2. The normalized spacial score (nSPS) is 17.8. The van der Waals surface area contributed by atoms with Gasteiger partial charge in [-0.1, -0.05) is 13.3 Å². The van der Waals surface area contributed by atoms with E-state index in [0.717, 1.165) is 12.8 Å². The summed E-state index contributed by atoms with van der Waals surface area (Å²) in [5, 5.41) is 18.3. The number of urea groups is 1. The van der Waals surface area contributed by atoms with Crippen LogP contribution in [0.4, 0.5) is 10.5 Å². The van der Waals surface area contributed by atoms with Gasteiger partial charge in [0, 0.05) is 18.8 Å². The van der Waals surface area contributed by atoms with Crippen molar-refractivity contribution in [2.24, 2.45) is 5.92 Å². The van der Waals surface area contributed by atoms with Gasteiger partial charge in [0.1, 0.15) is 12.3 Å². The fourth-order valence-corrected chi connectivity index (χ4v) is 2.55. The van der Waals surface area contributed by atoms with Crippen molar-refractivity contribution in [2.75, 3.05) is 24.5 Å². The molecular weight excluding hydrogens is 272 g/mol. The van der Waals surface area contributed by atoms with Crippen molar-refractivity contribution < 1.29 is 19.8 Å². The van der Waals surface area contributed by atoms with E-state index in [9.17, 15) is 14.7 Å². The molecule has 1 atom stereocenters. The molecule has 21 heavy (non-hydrogen) atoms. The fraction of sp³-hybridized carbons (Fsp3) is 0.467. The molecule has 114 valence electrons. The molecule has 2 amide bonds. The molecule has 2 rings (SSSR count). The topological polar surface area (TPSA) is 81.1 Å². The molecule has 2 N–H and O–H groups in total. The average molecular weight is 292 g/mol. The Hall–Kier alpha value is -2.24. The first kappa shape index (κ1) is 15.2. The Morgan fingerprint density at radius 2 is 2.00 bits per heavy atom. The Bertz CT molecular complexity index is 515. The van der Waals surface area contributed by atoms with Crippen LogP contribution in [-0.4, -0.2) is 46.7 Å². The van der Waals surface area contributed by atoms with Gasteiger partial charge in [0.15, 0.2) is 0 Å². The van der Waals surface area contributed by atoms with Crippen LogP contribution in [0.15, 0.2) is 24.3 Å².